The molecule has 7 heteroatoms. The van der Waals surface area contributed by atoms with Gasteiger partial charge in [0, 0.05) is 5.92 Å². The van der Waals surface area contributed by atoms with Crippen molar-refractivity contribution in [1.29, 1.82) is 0 Å². The molecule has 7 nitrogen and oxygen atoms in total. The minimum absolute atomic E-state index is 0.0806. The van der Waals surface area contributed by atoms with Crippen molar-refractivity contribution < 1.29 is 24.2 Å². The highest BCUT2D eigenvalue weighted by Crippen LogP contribution is 2.44. The molecule has 35 heavy (non-hydrogen) atoms. The van der Waals surface area contributed by atoms with Gasteiger partial charge in [-0.2, -0.15) is 0 Å². The van der Waals surface area contributed by atoms with Crippen LogP contribution in [0.25, 0.3) is 11.1 Å². The number of unbranched alkanes of at least 4 members (excludes halogenated alkanes) is 1. The number of benzene rings is 2. The maximum absolute atomic E-state index is 12.9. The van der Waals surface area contributed by atoms with Crippen LogP contribution in [-0.4, -0.2) is 41.8 Å². The number of ether oxygens (including phenoxy) is 1. The lowest BCUT2D eigenvalue weighted by Crippen LogP contribution is -2.52. The summed E-state index contributed by atoms with van der Waals surface area (Å²) >= 11 is 0. The largest absolute Gasteiger partial charge is 0.480 e. The van der Waals surface area contributed by atoms with Crippen LogP contribution in [0.1, 0.15) is 69.9 Å². The fraction of sp³-hybridized carbons (Fsp3) is 0.464. The molecule has 0 aromatic heterocycles. The highest BCUT2D eigenvalue weighted by atomic mass is 16.5. The summed E-state index contributed by atoms with van der Waals surface area (Å²) < 4.78 is 5.59. The number of nitrogens with one attached hydrogen (secondary N) is 2. The summed E-state index contributed by atoms with van der Waals surface area (Å²) in [6.07, 6.45) is 2.43. The molecular formula is C28H36N2O5. The van der Waals surface area contributed by atoms with Crippen molar-refractivity contribution in [3.8, 4) is 11.1 Å². The van der Waals surface area contributed by atoms with Crippen molar-refractivity contribution in [1.82, 2.24) is 10.6 Å². The molecule has 3 rings (SSSR count). The topological polar surface area (TPSA) is 105 Å². The second kappa shape index (κ2) is 12.4. The molecule has 2 aromatic rings. The van der Waals surface area contributed by atoms with Gasteiger partial charge in [-0.25, -0.2) is 9.59 Å². The quantitative estimate of drug-likeness (QED) is 0.392. The molecular weight excluding hydrogens is 444 g/mol. The third-order valence-electron chi connectivity index (χ3n) is 6.75. The molecule has 1 aliphatic carbocycles. The zero-order chi connectivity index (χ0) is 25.4. The average molecular weight is 481 g/mol. The van der Waals surface area contributed by atoms with E-state index in [-0.39, 0.29) is 18.4 Å². The van der Waals surface area contributed by atoms with Gasteiger partial charge in [0.15, 0.2) is 0 Å². The van der Waals surface area contributed by atoms with E-state index in [4.69, 9.17) is 4.74 Å². The Morgan fingerprint density at radius 2 is 1.54 bits per heavy atom. The summed E-state index contributed by atoms with van der Waals surface area (Å²) in [6, 6.07) is 14.3. The van der Waals surface area contributed by atoms with Gasteiger partial charge in [-0.15, -0.1) is 0 Å². The van der Waals surface area contributed by atoms with Gasteiger partial charge < -0.3 is 20.5 Å². The molecule has 3 N–H and O–H groups in total. The number of hydrogen-bond donors (Lipinski definition) is 3. The number of carbonyl (C=O) groups excluding carboxylic acids is 2. The third-order valence-corrected chi connectivity index (χ3v) is 6.75. The lowest BCUT2D eigenvalue weighted by Gasteiger charge is -2.23. The summed E-state index contributed by atoms with van der Waals surface area (Å²) in [5.74, 6) is -1.50. The average Bonchev–Trinajstić information content (AvgIpc) is 3.18. The molecule has 0 spiro atoms. The number of carboxylic acid groups (broad SMARTS) is 1. The summed E-state index contributed by atoms with van der Waals surface area (Å²) in [5.41, 5.74) is 4.49. The van der Waals surface area contributed by atoms with Crippen LogP contribution in [-0.2, 0) is 14.3 Å². The van der Waals surface area contributed by atoms with Gasteiger partial charge in [-0.05, 0) is 41.0 Å². The van der Waals surface area contributed by atoms with Gasteiger partial charge in [0.05, 0.1) is 0 Å². The molecule has 0 saturated carbocycles. The Kier molecular flexibility index (Phi) is 9.29. The zero-order valence-electron chi connectivity index (χ0n) is 20.8. The van der Waals surface area contributed by atoms with E-state index in [1.165, 1.54) is 0 Å². The lowest BCUT2D eigenvalue weighted by molar-refractivity contribution is -0.142. The first kappa shape index (κ1) is 26.3. The fourth-order valence-electron chi connectivity index (χ4n) is 4.52. The fourth-order valence-corrected chi connectivity index (χ4v) is 4.52. The molecule has 0 heterocycles. The number of hydrogen-bond acceptors (Lipinski definition) is 4. The summed E-state index contributed by atoms with van der Waals surface area (Å²) in [7, 11) is 0. The molecule has 2 amide bonds. The Labute approximate surface area is 207 Å². The smallest absolute Gasteiger partial charge is 0.407 e. The second-order valence-electron chi connectivity index (χ2n) is 9.31. The van der Waals surface area contributed by atoms with E-state index < -0.39 is 30.1 Å². The van der Waals surface area contributed by atoms with E-state index in [2.05, 4.69) is 22.8 Å². The number of fused-ring (bicyclic) bond motifs is 3. The van der Waals surface area contributed by atoms with Gasteiger partial charge in [0.2, 0.25) is 5.91 Å². The standard InChI is InChI=1S/C28H36N2O5/c1-4-6-15-24(26(31)29-25(27(32)33)16-18(3)5-2)30-28(34)35-17-23-21-13-9-7-11-19(21)20-12-8-10-14-22(20)23/h7-14,18,23-25H,4-6,15-17H2,1-3H3,(H,29,31)(H,30,34)(H,32,33)/t18?,24-,25?/m0/s1. The van der Waals surface area contributed by atoms with Crippen molar-refractivity contribution >= 4 is 18.0 Å². The molecule has 0 aliphatic heterocycles. The molecule has 0 radical (unpaired) electrons. The Morgan fingerprint density at radius 3 is 2.09 bits per heavy atom. The number of carbonyl (C=O) groups is 3. The summed E-state index contributed by atoms with van der Waals surface area (Å²) in [5, 5.41) is 14.8. The molecule has 2 unspecified atom stereocenters. The number of rotatable bonds is 12. The van der Waals surface area contributed by atoms with Crippen LogP contribution in [0.3, 0.4) is 0 Å². The molecule has 188 valence electrons. The van der Waals surface area contributed by atoms with Crippen molar-refractivity contribution in [2.75, 3.05) is 6.61 Å². The van der Waals surface area contributed by atoms with E-state index in [9.17, 15) is 19.5 Å². The van der Waals surface area contributed by atoms with Crippen molar-refractivity contribution in [3.05, 3.63) is 59.7 Å². The predicted octanol–water partition coefficient (Wildman–Crippen LogP) is 5.09. The molecule has 0 bridgehead atoms. The molecule has 1 aliphatic rings. The van der Waals surface area contributed by atoms with Gasteiger partial charge in [0.25, 0.3) is 0 Å². The SMILES string of the molecule is CCCC[C@H](NC(=O)OCC1c2ccccc2-c2ccccc21)C(=O)NC(CC(C)CC)C(=O)O. The van der Waals surface area contributed by atoms with Gasteiger partial charge in [-0.1, -0.05) is 88.6 Å². The van der Waals surface area contributed by atoms with E-state index >= 15 is 0 Å². The Balaban J connectivity index is 1.64. The number of amides is 2. The first-order chi connectivity index (χ1) is 16.8. The highest BCUT2D eigenvalue weighted by Gasteiger charge is 2.31. The zero-order valence-corrected chi connectivity index (χ0v) is 20.8. The summed E-state index contributed by atoms with van der Waals surface area (Å²) in [6.45, 7) is 6.07. The monoisotopic (exact) mass is 480 g/mol. The van der Waals surface area contributed by atoms with Crippen LogP contribution >= 0.6 is 0 Å². The van der Waals surface area contributed by atoms with E-state index in [1.807, 2.05) is 57.2 Å². The minimum Gasteiger partial charge on any atom is -0.480 e. The Hall–Kier alpha value is -3.35. The van der Waals surface area contributed by atoms with Crippen LogP contribution in [0, 0.1) is 5.92 Å². The van der Waals surface area contributed by atoms with Crippen LogP contribution in [0.4, 0.5) is 4.79 Å². The van der Waals surface area contributed by atoms with Crippen molar-refractivity contribution in [3.63, 3.8) is 0 Å². The Bertz CT molecular complexity index is 992. The third kappa shape index (κ3) is 6.62. The first-order valence-electron chi connectivity index (χ1n) is 12.5. The summed E-state index contributed by atoms with van der Waals surface area (Å²) in [4.78, 5) is 37.3. The van der Waals surface area contributed by atoms with Gasteiger partial charge in [-0.3, -0.25) is 4.79 Å². The lowest BCUT2D eigenvalue weighted by atomic mass is 9.98. The number of alkyl carbamates (subject to hydrolysis) is 1. The van der Waals surface area contributed by atoms with Gasteiger partial charge in [0.1, 0.15) is 18.7 Å². The number of aliphatic carboxylic acids is 1. The first-order valence-corrected chi connectivity index (χ1v) is 12.5. The van der Waals surface area contributed by atoms with Crippen LogP contribution in [0.2, 0.25) is 0 Å². The Morgan fingerprint density at radius 1 is 0.943 bits per heavy atom. The van der Waals surface area contributed by atoms with Crippen molar-refractivity contribution in [2.45, 2.75) is 70.9 Å². The maximum Gasteiger partial charge on any atom is 0.407 e. The minimum atomic E-state index is -1.07. The van der Waals surface area contributed by atoms with E-state index in [1.54, 1.807) is 0 Å². The normalized spacial score (nSPS) is 14.8. The molecule has 0 fully saturated rings. The number of carboxylic acids is 1. The predicted molar refractivity (Wildman–Crippen MR) is 135 cm³/mol. The van der Waals surface area contributed by atoms with Crippen molar-refractivity contribution in [2.24, 2.45) is 5.92 Å². The van der Waals surface area contributed by atoms with Crippen LogP contribution in [0.5, 0.6) is 0 Å². The molecule has 3 atom stereocenters. The van der Waals surface area contributed by atoms with E-state index in [0.717, 1.165) is 35.1 Å². The molecule has 2 aromatic carbocycles. The second-order valence-corrected chi connectivity index (χ2v) is 9.31. The maximum atomic E-state index is 12.9. The van der Waals surface area contributed by atoms with Gasteiger partial charge >= 0.3 is 12.1 Å². The highest BCUT2D eigenvalue weighted by molar-refractivity contribution is 5.89. The van der Waals surface area contributed by atoms with Crippen LogP contribution < -0.4 is 10.6 Å². The van der Waals surface area contributed by atoms with Crippen LogP contribution in [0.15, 0.2) is 48.5 Å². The van der Waals surface area contributed by atoms with E-state index in [0.29, 0.717) is 19.3 Å². The molecule has 0 saturated heterocycles.